The van der Waals surface area contributed by atoms with Crippen LogP contribution < -0.4 is 15.8 Å². The van der Waals surface area contributed by atoms with Crippen molar-refractivity contribution < 1.29 is 9.26 Å². The van der Waals surface area contributed by atoms with Gasteiger partial charge in [0.05, 0.1) is 13.2 Å². The topological polar surface area (TPSA) is 112 Å². The third kappa shape index (κ3) is 2.65. The second kappa shape index (κ2) is 5.30. The van der Waals surface area contributed by atoms with E-state index in [9.17, 15) is 0 Å². The summed E-state index contributed by atoms with van der Waals surface area (Å²) in [6.45, 7) is 4.44. The van der Waals surface area contributed by atoms with Crippen LogP contribution in [-0.4, -0.2) is 26.7 Å². The summed E-state index contributed by atoms with van der Waals surface area (Å²) >= 11 is 0. The monoisotopic (exact) mass is 250 g/mol. The van der Waals surface area contributed by atoms with Gasteiger partial charge in [0.1, 0.15) is 12.0 Å². The van der Waals surface area contributed by atoms with E-state index >= 15 is 0 Å². The Morgan fingerprint density at radius 3 is 2.94 bits per heavy atom. The average molecular weight is 250 g/mol. The summed E-state index contributed by atoms with van der Waals surface area (Å²) in [6.07, 6.45) is 1.38. The lowest BCUT2D eigenvalue weighted by molar-refractivity contribution is 0.328. The molecule has 0 amide bonds. The van der Waals surface area contributed by atoms with Crippen LogP contribution in [0.25, 0.3) is 0 Å². The number of nitrogens with zero attached hydrogens (tertiary/aromatic N) is 4. The van der Waals surface area contributed by atoms with Crippen LogP contribution in [0, 0.1) is 6.92 Å². The average Bonchev–Trinajstić information content (AvgIpc) is 2.77. The number of aryl methyl sites for hydroxylation is 1. The van der Waals surface area contributed by atoms with Crippen molar-refractivity contribution in [2.75, 3.05) is 17.7 Å². The van der Waals surface area contributed by atoms with Gasteiger partial charge in [-0.3, -0.25) is 0 Å². The van der Waals surface area contributed by atoms with E-state index in [0.29, 0.717) is 42.3 Å². The summed E-state index contributed by atoms with van der Waals surface area (Å²) in [5, 5.41) is 6.67. The summed E-state index contributed by atoms with van der Waals surface area (Å²) in [7, 11) is 0. The van der Waals surface area contributed by atoms with Crippen LogP contribution in [0.1, 0.15) is 18.6 Å². The second-order valence-electron chi connectivity index (χ2n) is 3.46. The lowest BCUT2D eigenvalue weighted by atomic mass is 10.4. The molecule has 0 atom stereocenters. The molecule has 96 valence electrons. The maximum absolute atomic E-state index is 5.86. The predicted molar refractivity (Wildman–Crippen MR) is 64.0 cm³/mol. The second-order valence-corrected chi connectivity index (χ2v) is 3.46. The first kappa shape index (κ1) is 12.1. The standard InChI is InChI=1S/C10H14N6O2/c1-3-17-10-8(11)9(13-5-14-10)12-4-7-15-6(2)16-18-7/h5H,3-4,11H2,1-2H3,(H,12,13,14). The highest BCUT2D eigenvalue weighted by Crippen LogP contribution is 2.24. The lowest BCUT2D eigenvalue weighted by Crippen LogP contribution is -2.08. The number of nitrogens with two attached hydrogens (primary N) is 1. The fraction of sp³-hybridized carbons (Fsp3) is 0.400. The molecular weight excluding hydrogens is 236 g/mol. The van der Waals surface area contributed by atoms with Crippen molar-refractivity contribution in [1.29, 1.82) is 0 Å². The SMILES string of the molecule is CCOc1ncnc(NCc2nc(C)no2)c1N. The van der Waals surface area contributed by atoms with Crippen molar-refractivity contribution in [3.8, 4) is 5.88 Å². The van der Waals surface area contributed by atoms with Crippen LogP contribution in [0.3, 0.4) is 0 Å². The van der Waals surface area contributed by atoms with E-state index < -0.39 is 0 Å². The van der Waals surface area contributed by atoms with Crippen molar-refractivity contribution >= 4 is 11.5 Å². The quantitative estimate of drug-likeness (QED) is 0.799. The van der Waals surface area contributed by atoms with E-state index in [1.165, 1.54) is 6.33 Å². The molecule has 0 spiro atoms. The molecule has 0 bridgehead atoms. The van der Waals surface area contributed by atoms with E-state index in [1.54, 1.807) is 6.92 Å². The molecule has 3 N–H and O–H groups in total. The molecule has 18 heavy (non-hydrogen) atoms. The molecule has 0 radical (unpaired) electrons. The van der Waals surface area contributed by atoms with E-state index in [0.717, 1.165) is 0 Å². The Bertz CT molecular complexity index is 527. The smallest absolute Gasteiger partial charge is 0.245 e. The van der Waals surface area contributed by atoms with Crippen molar-refractivity contribution in [2.24, 2.45) is 0 Å². The van der Waals surface area contributed by atoms with Crippen LogP contribution >= 0.6 is 0 Å². The molecule has 2 aromatic rings. The summed E-state index contributed by atoms with van der Waals surface area (Å²) in [5.41, 5.74) is 6.22. The minimum atomic E-state index is 0.341. The maximum atomic E-state index is 5.86. The minimum absolute atomic E-state index is 0.341. The molecule has 0 unspecified atom stereocenters. The molecule has 0 aliphatic rings. The third-order valence-electron chi connectivity index (χ3n) is 2.11. The van der Waals surface area contributed by atoms with Gasteiger partial charge < -0.3 is 20.3 Å². The van der Waals surface area contributed by atoms with Gasteiger partial charge in [-0.15, -0.1) is 0 Å². The molecule has 2 rings (SSSR count). The Labute approximate surface area is 104 Å². The summed E-state index contributed by atoms with van der Waals surface area (Å²) in [5.74, 6) is 1.88. The van der Waals surface area contributed by atoms with Gasteiger partial charge in [-0.2, -0.15) is 9.97 Å². The summed E-state index contributed by atoms with van der Waals surface area (Å²) in [4.78, 5) is 12.0. The molecule has 2 heterocycles. The van der Waals surface area contributed by atoms with Gasteiger partial charge in [0.15, 0.2) is 11.6 Å². The summed E-state index contributed by atoms with van der Waals surface area (Å²) < 4.78 is 10.2. The van der Waals surface area contributed by atoms with Crippen LogP contribution in [0.2, 0.25) is 0 Å². The molecule has 8 heteroatoms. The van der Waals surface area contributed by atoms with Gasteiger partial charge in [0.2, 0.25) is 11.8 Å². The maximum Gasteiger partial charge on any atom is 0.245 e. The molecule has 0 aliphatic heterocycles. The van der Waals surface area contributed by atoms with Crippen LogP contribution in [0.5, 0.6) is 5.88 Å². The van der Waals surface area contributed by atoms with Gasteiger partial charge in [0, 0.05) is 0 Å². The first-order valence-electron chi connectivity index (χ1n) is 5.47. The van der Waals surface area contributed by atoms with Crippen molar-refractivity contribution in [3.05, 3.63) is 18.0 Å². The molecule has 8 nitrogen and oxygen atoms in total. The van der Waals surface area contributed by atoms with Crippen LogP contribution in [0.4, 0.5) is 11.5 Å². The number of hydrogen-bond donors (Lipinski definition) is 2. The van der Waals surface area contributed by atoms with E-state index in [2.05, 4.69) is 25.4 Å². The van der Waals surface area contributed by atoms with Crippen LogP contribution in [0.15, 0.2) is 10.9 Å². The van der Waals surface area contributed by atoms with Crippen molar-refractivity contribution in [3.63, 3.8) is 0 Å². The van der Waals surface area contributed by atoms with E-state index in [4.69, 9.17) is 15.0 Å². The zero-order valence-electron chi connectivity index (χ0n) is 10.2. The zero-order chi connectivity index (χ0) is 13.0. The Kier molecular flexibility index (Phi) is 3.56. The molecular formula is C10H14N6O2. The number of nitrogen functional groups attached to an aromatic ring is 1. The van der Waals surface area contributed by atoms with Gasteiger partial charge in [-0.05, 0) is 13.8 Å². The predicted octanol–water partition coefficient (Wildman–Crippen LogP) is 0.761. The summed E-state index contributed by atoms with van der Waals surface area (Å²) in [6, 6.07) is 0. The van der Waals surface area contributed by atoms with Gasteiger partial charge in [0.25, 0.3) is 0 Å². The number of ether oxygens (including phenoxy) is 1. The Balaban J connectivity index is 2.07. The fourth-order valence-electron chi connectivity index (χ4n) is 1.34. The van der Waals surface area contributed by atoms with Crippen molar-refractivity contribution in [2.45, 2.75) is 20.4 Å². The van der Waals surface area contributed by atoms with Crippen molar-refractivity contribution in [1.82, 2.24) is 20.1 Å². The molecule has 0 aliphatic carbocycles. The first-order chi connectivity index (χ1) is 8.70. The largest absolute Gasteiger partial charge is 0.476 e. The van der Waals surface area contributed by atoms with Crippen LogP contribution in [-0.2, 0) is 6.54 Å². The van der Waals surface area contributed by atoms with Gasteiger partial charge in [-0.1, -0.05) is 5.16 Å². The highest BCUT2D eigenvalue weighted by Gasteiger charge is 2.10. The minimum Gasteiger partial charge on any atom is -0.476 e. The number of aromatic nitrogens is 4. The van der Waals surface area contributed by atoms with E-state index in [-0.39, 0.29) is 0 Å². The van der Waals surface area contributed by atoms with Gasteiger partial charge >= 0.3 is 0 Å². The fourth-order valence-corrected chi connectivity index (χ4v) is 1.34. The molecule has 2 aromatic heterocycles. The van der Waals surface area contributed by atoms with E-state index in [1.807, 2.05) is 6.92 Å². The molecule has 0 saturated carbocycles. The number of nitrogens with one attached hydrogen (secondary N) is 1. The highest BCUT2D eigenvalue weighted by molar-refractivity contribution is 5.66. The zero-order valence-corrected chi connectivity index (χ0v) is 10.2. The normalized spacial score (nSPS) is 10.3. The third-order valence-corrected chi connectivity index (χ3v) is 2.11. The Morgan fingerprint density at radius 2 is 2.28 bits per heavy atom. The number of anilines is 2. The highest BCUT2D eigenvalue weighted by atomic mass is 16.5. The molecule has 0 aromatic carbocycles. The Hall–Kier alpha value is -2.38. The molecule has 0 saturated heterocycles. The first-order valence-corrected chi connectivity index (χ1v) is 5.47. The lowest BCUT2D eigenvalue weighted by Gasteiger charge is -2.09. The number of rotatable bonds is 5. The molecule has 0 fully saturated rings. The van der Waals surface area contributed by atoms with Gasteiger partial charge in [-0.25, -0.2) is 4.98 Å². The number of hydrogen-bond acceptors (Lipinski definition) is 8. The Morgan fingerprint density at radius 1 is 1.44 bits per heavy atom.